The molecule has 0 N–H and O–H groups in total. The second-order valence-corrected chi connectivity index (χ2v) is 7.08. The molecule has 2 aliphatic rings. The van der Waals surface area contributed by atoms with Crippen molar-refractivity contribution in [3.63, 3.8) is 0 Å². The highest BCUT2D eigenvalue weighted by atomic mass is 16.5. The van der Waals surface area contributed by atoms with Crippen LogP contribution in [-0.4, -0.2) is 17.2 Å². The van der Waals surface area contributed by atoms with E-state index in [-0.39, 0.29) is 24.6 Å². The number of nitrogens with zero attached hydrogens (tertiary/aromatic N) is 1. The maximum absolute atomic E-state index is 12.1. The molecule has 1 aliphatic carbocycles. The van der Waals surface area contributed by atoms with Gasteiger partial charge in [-0.15, -0.1) is 0 Å². The lowest BCUT2D eigenvalue weighted by molar-refractivity contribution is -0.151. The van der Waals surface area contributed by atoms with Crippen molar-refractivity contribution in [3.8, 4) is 17.1 Å². The average Bonchev–Trinajstić information content (AvgIpc) is 3.25. The maximum atomic E-state index is 12.1. The van der Waals surface area contributed by atoms with Crippen LogP contribution in [0.15, 0.2) is 28.8 Å². The summed E-state index contributed by atoms with van der Waals surface area (Å²) in [7, 11) is 0. The van der Waals surface area contributed by atoms with Crippen molar-refractivity contribution in [3.05, 3.63) is 35.5 Å². The number of hydrogen-bond acceptors (Lipinski definition) is 5. The molecule has 1 aromatic heterocycles. The molecule has 1 unspecified atom stereocenters. The van der Waals surface area contributed by atoms with Gasteiger partial charge < -0.3 is 14.0 Å². The highest BCUT2D eigenvalue weighted by Gasteiger charge is 2.23. The summed E-state index contributed by atoms with van der Waals surface area (Å²) in [5.74, 6) is 1.58. The van der Waals surface area contributed by atoms with Crippen molar-refractivity contribution in [1.29, 1.82) is 0 Å². The van der Waals surface area contributed by atoms with Gasteiger partial charge in [0.05, 0.1) is 5.92 Å². The molecule has 0 spiro atoms. The molecule has 0 saturated heterocycles. The van der Waals surface area contributed by atoms with Crippen molar-refractivity contribution in [2.75, 3.05) is 0 Å². The van der Waals surface area contributed by atoms with E-state index in [0.717, 1.165) is 43.4 Å². The summed E-state index contributed by atoms with van der Waals surface area (Å²) >= 11 is 0. The van der Waals surface area contributed by atoms with Gasteiger partial charge in [-0.05, 0) is 43.5 Å². The molecular formula is C20H23NO4. The normalized spacial score (nSPS) is 20.1. The first-order valence-electron chi connectivity index (χ1n) is 9.11. The van der Waals surface area contributed by atoms with Crippen LogP contribution >= 0.6 is 0 Å². The van der Waals surface area contributed by atoms with Crippen LogP contribution in [0, 0.1) is 5.92 Å². The SMILES string of the molecule is CC1Cc2cc(-c3cc(COC(=O)C4CCCCC4)no3)ccc2O1. The van der Waals surface area contributed by atoms with Crippen molar-refractivity contribution in [1.82, 2.24) is 5.16 Å². The molecule has 5 heteroatoms. The number of rotatable bonds is 4. The summed E-state index contributed by atoms with van der Waals surface area (Å²) in [6.45, 7) is 2.23. The minimum absolute atomic E-state index is 0.0545. The molecule has 132 valence electrons. The number of ether oxygens (including phenoxy) is 2. The molecule has 1 fully saturated rings. The zero-order chi connectivity index (χ0) is 17.2. The second-order valence-electron chi connectivity index (χ2n) is 7.08. The molecule has 1 aromatic carbocycles. The molecule has 1 saturated carbocycles. The summed E-state index contributed by atoms with van der Waals surface area (Å²) in [6, 6.07) is 7.86. The van der Waals surface area contributed by atoms with Crippen LogP contribution in [0.1, 0.15) is 50.3 Å². The number of aromatic nitrogens is 1. The van der Waals surface area contributed by atoms with Gasteiger partial charge in [0.2, 0.25) is 0 Å². The lowest BCUT2D eigenvalue weighted by Crippen LogP contribution is -2.20. The van der Waals surface area contributed by atoms with E-state index in [1.807, 2.05) is 18.2 Å². The number of esters is 1. The quantitative estimate of drug-likeness (QED) is 0.776. The van der Waals surface area contributed by atoms with Gasteiger partial charge in [0.15, 0.2) is 5.76 Å². The van der Waals surface area contributed by atoms with Crippen LogP contribution in [0.5, 0.6) is 5.75 Å². The second kappa shape index (κ2) is 6.90. The van der Waals surface area contributed by atoms with E-state index in [1.165, 1.54) is 12.0 Å². The highest BCUT2D eigenvalue weighted by Crippen LogP contribution is 2.33. The van der Waals surface area contributed by atoms with Gasteiger partial charge in [0.25, 0.3) is 0 Å². The molecule has 4 rings (SSSR count). The standard InChI is InChI=1S/C20H23NO4/c1-13-9-16-10-15(7-8-18(16)24-13)19-11-17(21-25-19)12-23-20(22)14-5-3-2-4-6-14/h7-8,10-11,13-14H,2-6,9,12H2,1H3. The molecule has 1 aliphatic heterocycles. The van der Waals surface area contributed by atoms with E-state index in [9.17, 15) is 4.79 Å². The lowest BCUT2D eigenvalue weighted by atomic mass is 9.89. The van der Waals surface area contributed by atoms with Crippen molar-refractivity contribution < 1.29 is 18.8 Å². The molecular weight excluding hydrogens is 318 g/mol. The van der Waals surface area contributed by atoms with Crippen LogP contribution in [0.4, 0.5) is 0 Å². The molecule has 25 heavy (non-hydrogen) atoms. The van der Waals surface area contributed by atoms with Crippen LogP contribution in [0.3, 0.4) is 0 Å². The third-order valence-electron chi connectivity index (χ3n) is 5.04. The van der Waals surface area contributed by atoms with Gasteiger partial charge in [-0.1, -0.05) is 24.4 Å². The summed E-state index contributed by atoms with van der Waals surface area (Å²) in [4.78, 5) is 12.1. The van der Waals surface area contributed by atoms with Gasteiger partial charge in [-0.25, -0.2) is 0 Å². The minimum Gasteiger partial charge on any atom is -0.490 e. The molecule has 0 bridgehead atoms. The predicted octanol–water partition coefficient (Wildman–Crippen LogP) is 4.29. The first kappa shape index (κ1) is 16.2. The van der Waals surface area contributed by atoms with Crippen molar-refractivity contribution in [2.45, 2.75) is 58.2 Å². The third-order valence-corrected chi connectivity index (χ3v) is 5.04. The van der Waals surface area contributed by atoms with Crippen LogP contribution in [-0.2, 0) is 22.6 Å². The van der Waals surface area contributed by atoms with E-state index < -0.39 is 0 Å². The van der Waals surface area contributed by atoms with Gasteiger partial charge in [0.1, 0.15) is 24.2 Å². The van der Waals surface area contributed by atoms with Crippen molar-refractivity contribution >= 4 is 5.97 Å². The van der Waals surface area contributed by atoms with Crippen molar-refractivity contribution in [2.24, 2.45) is 5.92 Å². The Morgan fingerprint density at radius 1 is 1.24 bits per heavy atom. The number of fused-ring (bicyclic) bond motifs is 1. The summed E-state index contributed by atoms with van der Waals surface area (Å²) < 4.78 is 16.6. The molecule has 2 heterocycles. The number of benzene rings is 1. The molecule has 5 nitrogen and oxygen atoms in total. The smallest absolute Gasteiger partial charge is 0.309 e. The zero-order valence-corrected chi connectivity index (χ0v) is 14.5. The van der Waals surface area contributed by atoms with E-state index in [4.69, 9.17) is 14.0 Å². The van der Waals surface area contributed by atoms with E-state index >= 15 is 0 Å². The van der Waals surface area contributed by atoms with Gasteiger partial charge in [-0.3, -0.25) is 4.79 Å². The fourth-order valence-corrected chi connectivity index (χ4v) is 3.69. The lowest BCUT2D eigenvalue weighted by Gasteiger charge is -2.19. The minimum atomic E-state index is -0.104. The number of hydrogen-bond donors (Lipinski definition) is 0. The third kappa shape index (κ3) is 3.55. The maximum Gasteiger partial charge on any atom is 0.309 e. The predicted molar refractivity (Wildman–Crippen MR) is 92.1 cm³/mol. The van der Waals surface area contributed by atoms with Crippen LogP contribution in [0.2, 0.25) is 0 Å². The summed E-state index contributed by atoms with van der Waals surface area (Å²) in [6.07, 6.45) is 6.47. The van der Waals surface area contributed by atoms with Crippen LogP contribution < -0.4 is 4.74 Å². The number of carbonyl (C=O) groups is 1. The average molecular weight is 341 g/mol. The van der Waals surface area contributed by atoms with Gasteiger partial charge in [0, 0.05) is 18.1 Å². The van der Waals surface area contributed by atoms with E-state index in [1.54, 1.807) is 0 Å². The van der Waals surface area contributed by atoms with Gasteiger partial charge >= 0.3 is 5.97 Å². The fraction of sp³-hybridized carbons (Fsp3) is 0.500. The first-order chi connectivity index (χ1) is 12.2. The molecule has 0 radical (unpaired) electrons. The summed E-state index contributed by atoms with van der Waals surface area (Å²) in [5.41, 5.74) is 2.80. The largest absolute Gasteiger partial charge is 0.490 e. The van der Waals surface area contributed by atoms with Crippen LogP contribution in [0.25, 0.3) is 11.3 Å². The monoisotopic (exact) mass is 341 g/mol. The zero-order valence-electron chi connectivity index (χ0n) is 14.5. The molecule has 1 atom stereocenters. The summed E-state index contributed by atoms with van der Waals surface area (Å²) in [5, 5.41) is 4.03. The Kier molecular flexibility index (Phi) is 4.47. The Morgan fingerprint density at radius 2 is 2.08 bits per heavy atom. The van der Waals surface area contributed by atoms with E-state index in [0.29, 0.717) is 11.5 Å². The number of carbonyl (C=O) groups excluding carboxylic acids is 1. The Balaban J connectivity index is 1.39. The topological polar surface area (TPSA) is 61.6 Å². The highest BCUT2D eigenvalue weighted by molar-refractivity contribution is 5.72. The Bertz CT molecular complexity index is 761. The molecule has 2 aromatic rings. The molecule has 0 amide bonds. The van der Waals surface area contributed by atoms with Gasteiger partial charge in [-0.2, -0.15) is 0 Å². The first-order valence-corrected chi connectivity index (χ1v) is 9.11. The van der Waals surface area contributed by atoms with E-state index in [2.05, 4.69) is 18.1 Å². The Morgan fingerprint density at radius 3 is 2.92 bits per heavy atom. The Labute approximate surface area is 147 Å². The Hall–Kier alpha value is -2.30. The fourth-order valence-electron chi connectivity index (χ4n) is 3.69.